The van der Waals surface area contributed by atoms with Crippen LogP contribution in [0.4, 0.5) is 0 Å². The number of carboxylic acids is 1. The molecule has 2 fully saturated rings. The molecule has 0 spiro atoms. The Morgan fingerprint density at radius 2 is 2.00 bits per heavy atom. The lowest BCUT2D eigenvalue weighted by Crippen LogP contribution is -2.60. The summed E-state index contributed by atoms with van der Waals surface area (Å²) in [6, 6.07) is 0.421. The zero-order valence-electron chi connectivity index (χ0n) is 8.29. The zero-order valence-corrected chi connectivity index (χ0v) is 8.29. The molecule has 80 valence electrons. The fraction of sp³-hybridized carbons (Fsp3) is 0.900. The Labute approximate surface area is 83.6 Å². The van der Waals surface area contributed by atoms with Crippen LogP contribution in [0.5, 0.6) is 0 Å². The van der Waals surface area contributed by atoms with Gasteiger partial charge in [0.05, 0.1) is 0 Å². The molecule has 1 heterocycles. The normalized spacial score (nSPS) is 26.9. The first-order valence-corrected chi connectivity index (χ1v) is 5.32. The summed E-state index contributed by atoms with van der Waals surface area (Å²) in [5.74, 6) is -0.715. The van der Waals surface area contributed by atoms with Gasteiger partial charge in [0, 0.05) is 19.3 Å². The maximum absolute atomic E-state index is 11.2. The Hall–Kier alpha value is -0.610. The lowest BCUT2D eigenvalue weighted by atomic mass is 9.84. The molecule has 0 aromatic heterocycles. The van der Waals surface area contributed by atoms with Crippen molar-refractivity contribution in [2.24, 2.45) is 0 Å². The lowest BCUT2D eigenvalue weighted by molar-refractivity contribution is -0.150. The molecule has 14 heavy (non-hydrogen) atoms. The molecule has 2 N–H and O–H groups in total. The molecule has 0 amide bonds. The van der Waals surface area contributed by atoms with Crippen molar-refractivity contribution >= 4 is 5.97 Å². The highest BCUT2D eigenvalue weighted by molar-refractivity contribution is 5.79. The second-order valence-electron chi connectivity index (χ2n) is 4.27. The molecular formula is C10H17NO3. The van der Waals surface area contributed by atoms with Crippen LogP contribution in [-0.4, -0.2) is 35.9 Å². The van der Waals surface area contributed by atoms with Gasteiger partial charge in [-0.1, -0.05) is 6.42 Å². The predicted octanol–water partition coefficient (Wildman–Crippen LogP) is 0.762. The molecule has 0 aromatic rings. The van der Waals surface area contributed by atoms with Gasteiger partial charge < -0.3 is 9.84 Å². The largest absolute Gasteiger partial charge is 0.480 e. The first-order chi connectivity index (χ1) is 6.73. The van der Waals surface area contributed by atoms with Gasteiger partial charge >= 0.3 is 5.97 Å². The highest BCUT2D eigenvalue weighted by Crippen LogP contribution is 2.27. The van der Waals surface area contributed by atoms with Crippen LogP contribution in [0.1, 0.15) is 32.1 Å². The Bertz CT molecular complexity index is 219. The molecule has 1 aliphatic carbocycles. The van der Waals surface area contributed by atoms with Crippen molar-refractivity contribution in [3.63, 3.8) is 0 Å². The van der Waals surface area contributed by atoms with E-state index in [1.54, 1.807) is 0 Å². The Kier molecular flexibility index (Phi) is 2.74. The summed E-state index contributed by atoms with van der Waals surface area (Å²) >= 11 is 0. The number of nitrogens with one attached hydrogen (secondary N) is 1. The molecule has 0 aromatic carbocycles. The SMILES string of the molecule is O=C(O)C1(NC2CCC2)CCOCC1. The first kappa shape index (κ1) is 9.93. The third kappa shape index (κ3) is 1.77. The summed E-state index contributed by atoms with van der Waals surface area (Å²) in [6.45, 7) is 1.12. The molecule has 1 saturated heterocycles. The first-order valence-electron chi connectivity index (χ1n) is 5.32. The molecule has 0 unspecified atom stereocenters. The van der Waals surface area contributed by atoms with Gasteiger partial charge in [0.25, 0.3) is 0 Å². The van der Waals surface area contributed by atoms with Gasteiger partial charge in [-0.2, -0.15) is 0 Å². The van der Waals surface area contributed by atoms with E-state index in [4.69, 9.17) is 4.74 Å². The number of rotatable bonds is 3. The van der Waals surface area contributed by atoms with Crippen molar-refractivity contribution in [2.75, 3.05) is 13.2 Å². The third-order valence-corrected chi connectivity index (χ3v) is 3.34. The smallest absolute Gasteiger partial charge is 0.324 e. The maximum atomic E-state index is 11.2. The average molecular weight is 199 g/mol. The molecule has 4 heteroatoms. The van der Waals surface area contributed by atoms with E-state index in [-0.39, 0.29) is 0 Å². The highest BCUT2D eigenvalue weighted by atomic mass is 16.5. The van der Waals surface area contributed by atoms with Gasteiger partial charge in [0.2, 0.25) is 0 Å². The standard InChI is InChI=1S/C10H17NO3/c12-9(13)10(4-6-14-7-5-10)11-8-2-1-3-8/h8,11H,1-7H2,(H,12,13). The molecule has 1 saturated carbocycles. The van der Waals surface area contributed by atoms with E-state index in [1.807, 2.05) is 0 Å². The van der Waals surface area contributed by atoms with Gasteiger partial charge in [-0.3, -0.25) is 10.1 Å². The van der Waals surface area contributed by atoms with E-state index in [0.29, 0.717) is 32.1 Å². The topological polar surface area (TPSA) is 58.6 Å². The van der Waals surface area contributed by atoms with Gasteiger partial charge in [0.15, 0.2) is 0 Å². The quantitative estimate of drug-likeness (QED) is 0.704. The predicted molar refractivity (Wildman–Crippen MR) is 51.2 cm³/mol. The van der Waals surface area contributed by atoms with Crippen molar-refractivity contribution < 1.29 is 14.6 Å². The van der Waals surface area contributed by atoms with Crippen molar-refractivity contribution in [2.45, 2.75) is 43.7 Å². The maximum Gasteiger partial charge on any atom is 0.324 e. The molecule has 0 radical (unpaired) electrons. The second-order valence-corrected chi connectivity index (χ2v) is 4.27. The molecule has 2 aliphatic rings. The summed E-state index contributed by atoms with van der Waals surface area (Å²) in [6.07, 6.45) is 4.66. The van der Waals surface area contributed by atoms with Gasteiger partial charge in [-0.25, -0.2) is 0 Å². The van der Waals surface area contributed by atoms with Crippen LogP contribution in [0.3, 0.4) is 0 Å². The highest BCUT2D eigenvalue weighted by Gasteiger charge is 2.42. The fourth-order valence-electron chi connectivity index (χ4n) is 2.08. The van der Waals surface area contributed by atoms with E-state index in [1.165, 1.54) is 6.42 Å². The van der Waals surface area contributed by atoms with Gasteiger partial charge in [-0.05, 0) is 25.7 Å². The monoisotopic (exact) mass is 199 g/mol. The number of carbonyl (C=O) groups is 1. The lowest BCUT2D eigenvalue weighted by Gasteiger charge is -2.40. The van der Waals surface area contributed by atoms with Crippen LogP contribution in [0.15, 0.2) is 0 Å². The van der Waals surface area contributed by atoms with E-state index < -0.39 is 11.5 Å². The summed E-state index contributed by atoms with van der Waals surface area (Å²) in [4.78, 5) is 11.2. The van der Waals surface area contributed by atoms with Crippen molar-refractivity contribution in [3.05, 3.63) is 0 Å². The number of aliphatic carboxylic acids is 1. The number of ether oxygens (including phenoxy) is 1. The molecule has 0 bridgehead atoms. The minimum Gasteiger partial charge on any atom is -0.480 e. The molecule has 1 aliphatic heterocycles. The van der Waals surface area contributed by atoms with Crippen LogP contribution in [-0.2, 0) is 9.53 Å². The molecule has 2 rings (SSSR count). The summed E-state index contributed by atoms with van der Waals surface area (Å²) in [5.41, 5.74) is -0.705. The van der Waals surface area contributed by atoms with E-state index in [2.05, 4.69) is 5.32 Å². The van der Waals surface area contributed by atoms with Crippen molar-refractivity contribution in [1.29, 1.82) is 0 Å². The summed E-state index contributed by atoms with van der Waals surface area (Å²) in [5, 5.41) is 12.5. The molecular weight excluding hydrogens is 182 g/mol. The minimum absolute atomic E-state index is 0.421. The van der Waals surface area contributed by atoms with Crippen molar-refractivity contribution in [3.8, 4) is 0 Å². The Balaban J connectivity index is 2.00. The Morgan fingerprint density at radius 1 is 1.36 bits per heavy atom. The van der Waals surface area contributed by atoms with Crippen LogP contribution in [0.2, 0.25) is 0 Å². The number of hydrogen-bond donors (Lipinski definition) is 2. The van der Waals surface area contributed by atoms with E-state index in [9.17, 15) is 9.90 Å². The third-order valence-electron chi connectivity index (χ3n) is 3.34. The van der Waals surface area contributed by atoms with Gasteiger partial charge in [0.1, 0.15) is 5.54 Å². The second kappa shape index (κ2) is 3.87. The fourth-order valence-corrected chi connectivity index (χ4v) is 2.08. The van der Waals surface area contributed by atoms with Crippen molar-refractivity contribution in [1.82, 2.24) is 5.32 Å². The number of hydrogen-bond acceptors (Lipinski definition) is 3. The molecule has 4 nitrogen and oxygen atoms in total. The van der Waals surface area contributed by atoms with Crippen LogP contribution >= 0.6 is 0 Å². The van der Waals surface area contributed by atoms with E-state index >= 15 is 0 Å². The van der Waals surface area contributed by atoms with Crippen LogP contribution < -0.4 is 5.32 Å². The van der Waals surface area contributed by atoms with Crippen LogP contribution in [0, 0.1) is 0 Å². The summed E-state index contributed by atoms with van der Waals surface area (Å²) < 4.78 is 5.20. The van der Waals surface area contributed by atoms with Crippen LogP contribution in [0.25, 0.3) is 0 Å². The minimum atomic E-state index is -0.715. The average Bonchev–Trinajstić information content (AvgIpc) is 2.13. The van der Waals surface area contributed by atoms with Gasteiger partial charge in [-0.15, -0.1) is 0 Å². The molecule has 0 atom stereocenters. The zero-order chi connectivity index (χ0) is 10.0. The summed E-state index contributed by atoms with van der Waals surface area (Å²) in [7, 11) is 0. The number of carboxylic acid groups (broad SMARTS) is 1. The van der Waals surface area contributed by atoms with E-state index in [0.717, 1.165) is 12.8 Å². The Morgan fingerprint density at radius 3 is 2.43 bits per heavy atom.